The minimum Gasteiger partial charge on any atom is -0.497 e. The summed E-state index contributed by atoms with van der Waals surface area (Å²) < 4.78 is 11.0. The van der Waals surface area contributed by atoms with Gasteiger partial charge in [0.15, 0.2) is 0 Å². The van der Waals surface area contributed by atoms with Crippen LogP contribution >= 0.6 is 11.3 Å². The van der Waals surface area contributed by atoms with Gasteiger partial charge >= 0.3 is 0 Å². The van der Waals surface area contributed by atoms with Crippen LogP contribution < -0.4 is 14.4 Å². The third kappa shape index (κ3) is 2.47. The number of aromatic nitrogens is 2. The summed E-state index contributed by atoms with van der Waals surface area (Å²) in [6.07, 6.45) is 3.85. The fraction of sp³-hybridized carbons (Fsp3) is 0.333. The lowest BCUT2D eigenvalue weighted by Gasteiger charge is -2.28. The lowest BCUT2D eigenvalue weighted by atomic mass is 10.0. The first-order valence-electron chi connectivity index (χ1n) is 7.98. The number of thiophene rings is 1. The number of anilines is 1. The van der Waals surface area contributed by atoms with E-state index in [0.717, 1.165) is 52.5 Å². The van der Waals surface area contributed by atoms with E-state index in [4.69, 9.17) is 9.47 Å². The number of benzene rings is 1. The number of hydrogen-bond acceptors (Lipinski definition) is 6. The van der Waals surface area contributed by atoms with Crippen molar-refractivity contribution in [3.8, 4) is 11.5 Å². The molecule has 3 heterocycles. The number of ether oxygens (including phenoxy) is 2. The highest BCUT2D eigenvalue weighted by molar-refractivity contribution is 7.16. The number of rotatable bonds is 4. The minimum absolute atomic E-state index is 0.230. The SMILES string of the molecule is COc1ccc(OC)c(C2CCCN2c2ncnc3sccc23)c1. The first-order valence-corrected chi connectivity index (χ1v) is 8.86. The third-order valence-electron chi connectivity index (χ3n) is 4.56. The summed E-state index contributed by atoms with van der Waals surface area (Å²) in [6.45, 7) is 0.979. The quantitative estimate of drug-likeness (QED) is 0.716. The molecule has 1 unspecified atom stereocenters. The van der Waals surface area contributed by atoms with Crippen molar-refractivity contribution in [3.63, 3.8) is 0 Å². The lowest BCUT2D eigenvalue weighted by Crippen LogP contribution is -2.24. The molecule has 1 aliphatic rings. The fourth-order valence-electron chi connectivity index (χ4n) is 3.45. The van der Waals surface area contributed by atoms with E-state index < -0.39 is 0 Å². The summed E-state index contributed by atoms with van der Waals surface area (Å²) in [5.74, 6) is 2.75. The van der Waals surface area contributed by atoms with Crippen molar-refractivity contribution < 1.29 is 9.47 Å². The molecular weight excluding hydrogens is 322 g/mol. The van der Waals surface area contributed by atoms with Crippen LogP contribution in [0, 0.1) is 0 Å². The normalized spacial score (nSPS) is 17.4. The molecule has 5 nitrogen and oxygen atoms in total. The van der Waals surface area contributed by atoms with Crippen LogP contribution in [0.2, 0.25) is 0 Å². The van der Waals surface area contributed by atoms with Gasteiger partial charge in [0, 0.05) is 12.1 Å². The number of fused-ring (bicyclic) bond motifs is 1. The maximum absolute atomic E-state index is 5.60. The van der Waals surface area contributed by atoms with E-state index in [0.29, 0.717) is 0 Å². The van der Waals surface area contributed by atoms with Gasteiger partial charge in [0.05, 0.1) is 25.6 Å². The van der Waals surface area contributed by atoms with Gasteiger partial charge in [0.2, 0.25) is 0 Å². The molecule has 0 N–H and O–H groups in total. The standard InChI is InChI=1S/C18H19N3O2S/c1-22-12-5-6-16(23-2)14(10-12)15-4-3-8-21(15)17-13-7-9-24-18(13)20-11-19-17/h5-7,9-11,15H,3-4,8H2,1-2H3. The molecule has 24 heavy (non-hydrogen) atoms. The molecule has 1 saturated heterocycles. The maximum Gasteiger partial charge on any atom is 0.141 e. The van der Waals surface area contributed by atoms with E-state index in [1.165, 1.54) is 0 Å². The molecule has 1 aliphatic heterocycles. The van der Waals surface area contributed by atoms with Crippen molar-refractivity contribution in [2.45, 2.75) is 18.9 Å². The molecule has 1 fully saturated rings. The molecule has 3 aromatic rings. The van der Waals surface area contributed by atoms with Crippen molar-refractivity contribution in [2.75, 3.05) is 25.7 Å². The predicted molar refractivity (Wildman–Crippen MR) is 96.3 cm³/mol. The zero-order valence-corrected chi connectivity index (χ0v) is 14.5. The van der Waals surface area contributed by atoms with Gasteiger partial charge < -0.3 is 14.4 Å². The molecular formula is C18H19N3O2S. The molecule has 124 valence electrons. The second-order valence-electron chi connectivity index (χ2n) is 5.80. The molecule has 1 atom stereocenters. The predicted octanol–water partition coefficient (Wildman–Crippen LogP) is 4.05. The van der Waals surface area contributed by atoms with E-state index >= 15 is 0 Å². The second-order valence-corrected chi connectivity index (χ2v) is 6.69. The Labute approximate surface area is 144 Å². The van der Waals surface area contributed by atoms with Gasteiger partial charge in [-0.15, -0.1) is 11.3 Å². The van der Waals surface area contributed by atoms with E-state index in [1.807, 2.05) is 12.1 Å². The first-order chi connectivity index (χ1) is 11.8. The van der Waals surface area contributed by atoms with Crippen molar-refractivity contribution >= 4 is 27.4 Å². The highest BCUT2D eigenvalue weighted by atomic mass is 32.1. The highest BCUT2D eigenvalue weighted by Crippen LogP contribution is 2.42. The monoisotopic (exact) mass is 341 g/mol. The number of methoxy groups -OCH3 is 2. The third-order valence-corrected chi connectivity index (χ3v) is 5.38. The van der Waals surface area contributed by atoms with Crippen molar-refractivity contribution in [2.24, 2.45) is 0 Å². The Hall–Kier alpha value is -2.34. The Morgan fingerprint density at radius 3 is 2.92 bits per heavy atom. The van der Waals surface area contributed by atoms with Gasteiger partial charge in [-0.05, 0) is 42.5 Å². The van der Waals surface area contributed by atoms with Gasteiger partial charge in [0.25, 0.3) is 0 Å². The molecule has 1 aromatic carbocycles. The van der Waals surface area contributed by atoms with Crippen LogP contribution in [-0.2, 0) is 0 Å². The molecule has 0 aliphatic carbocycles. The topological polar surface area (TPSA) is 47.5 Å². The maximum atomic E-state index is 5.60. The van der Waals surface area contributed by atoms with Crippen LogP contribution in [-0.4, -0.2) is 30.7 Å². The summed E-state index contributed by atoms with van der Waals surface area (Å²) in [6, 6.07) is 8.32. The second kappa shape index (κ2) is 6.28. The molecule has 2 aromatic heterocycles. The van der Waals surface area contributed by atoms with Gasteiger partial charge in [-0.3, -0.25) is 0 Å². The molecule has 4 rings (SSSR count). The zero-order valence-electron chi connectivity index (χ0n) is 13.7. The minimum atomic E-state index is 0.230. The Kier molecular flexibility index (Phi) is 3.98. The van der Waals surface area contributed by atoms with Gasteiger partial charge in [0.1, 0.15) is 28.5 Å². The summed E-state index contributed by atoms with van der Waals surface area (Å²) in [7, 11) is 3.41. The molecule has 0 radical (unpaired) electrons. The largest absolute Gasteiger partial charge is 0.497 e. The smallest absolute Gasteiger partial charge is 0.141 e. The first kappa shape index (κ1) is 15.2. The van der Waals surface area contributed by atoms with Crippen LogP contribution in [0.4, 0.5) is 5.82 Å². The molecule has 0 spiro atoms. The molecule has 0 saturated carbocycles. The summed E-state index contributed by atoms with van der Waals surface area (Å²) >= 11 is 1.65. The molecule has 0 bridgehead atoms. The lowest BCUT2D eigenvalue weighted by molar-refractivity contribution is 0.395. The molecule has 0 amide bonds. The fourth-order valence-corrected chi connectivity index (χ4v) is 4.18. The van der Waals surface area contributed by atoms with Gasteiger partial charge in [-0.2, -0.15) is 0 Å². The van der Waals surface area contributed by atoms with Crippen molar-refractivity contribution in [1.29, 1.82) is 0 Å². The highest BCUT2D eigenvalue weighted by Gasteiger charge is 2.31. The van der Waals surface area contributed by atoms with Crippen molar-refractivity contribution in [1.82, 2.24) is 9.97 Å². The average Bonchev–Trinajstić information content (AvgIpc) is 3.29. The van der Waals surface area contributed by atoms with E-state index in [-0.39, 0.29) is 6.04 Å². The van der Waals surface area contributed by atoms with Gasteiger partial charge in [-0.25, -0.2) is 9.97 Å². The van der Waals surface area contributed by atoms with E-state index in [2.05, 4.69) is 32.4 Å². The van der Waals surface area contributed by atoms with Gasteiger partial charge in [-0.1, -0.05) is 0 Å². The summed E-state index contributed by atoms with van der Waals surface area (Å²) in [4.78, 5) is 12.4. The Balaban J connectivity index is 1.80. The average molecular weight is 341 g/mol. The number of hydrogen-bond donors (Lipinski definition) is 0. The molecule has 6 heteroatoms. The summed E-state index contributed by atoms with van der Waals surface area (Å²) in [5, 5.41) is 3.19. The van der Waals surface area contributed by atoms with Crippen LogP contribution in [0.15, 0.2) is 36.0 Å². The van der Waals surface area contributed by atoms with E-state index in [1.54, 1.807) is 31.9 Å². The zero-order chi connectivity index (χ0) is 16.5. The Morgan fingerprint density at radius 1 is 1.17 bits per heavy atom. The van der Waals surface area contributed by atoms with Crippen LogP contribution in [0.3, 0.4) is 0 Å². The van der Waals surface area contributed by atoms with Crippen LogP contribution in [0.1, 0.15) is 24.4 Å². The van der Waals surface area contributed by atoms with Crippen LogP contribution in [0.5, 0.6) is 11.5 Å². The summed E-state index contributed by atoms with van der Waals surface area (Å²) in [5.41, 5.74) is 1.15. The van der Waals surface area contributed by atoms with Crippen LogP contribution in [0.25, 0.3) is 10.2 Å². The Bertz CT molecular complexity index is 864. The van der Waals surface area contributed by atoms with E-state index in [9.17, 15) is 0 Å². The Morgan fingerprint density at radius 2 is 2.08 bits per heavy atom. The van der Waals surface area contributed by atoms with Crippen molar-refractivity contribution in [3.05, 3.63) is 41.5 Å². The number of nitrogens with zero attached hydrogens (tertiary/aromatic N) is 3.